The smallest absolute Gasteiger partial charge is 0.322 e. The maximum absolute atomic E-state index is 12.6. The Bertz CT molecular complexity index is 818. The van der Waals surface area contributed by atoms with E-state index in [4.69, 9.17) is 14.2 Å². The molecule has 0 fully saturated rings. The number of hydrogen-bond acceptors (Lipinski definition) is 7. The van der Waals surface area contributed by atoms with Crippen LogP contribution in [0.25, 0.3) is 10.9 Å². The zero-order chi connectivity index (χ0) is 17.6. The molecule has 3 rings (SSSR count). The minimum Gasteiger partial charge on any atom is -0.462 e. The van der Waals surface area contributed by atoms with Crippen molar-refractivity contribution in [1.29, 1.82) is 0 Å². The number of Topliss-reactive ketones (excluding diaryl/α,β-unsaturated/α-hetero) is 1. The summed E-state index contributed by atoms with van der Waals surface area (Å²) in [4.78, 5) is 33.3. The molecule has 7 nitrogen and oxygen atoms in total. The van der Waals surface area contributed by atoms with E-state index in [0.29, 0.717) is 30.0 Å². The SMILES string of the molecule is COCCOCCOC(=O)C1C=Nc2c(ccc3cccnc23)C1=O. The van der Waals surface area contributed by atoms with Gasteiger partial charge in [-0.2, -0.15) is 0 Å². The van der Waals surface area contributed by atoms with E-state index in [1.807, 2.05) is 12.1 Å². The summed E-state index contributed by atoms with van der Waals surface area (Å²) in [7, 11) is 1.58. The topological polar surface area (TPSA) is 87.1 Å². The summed E-state index contributed by atoms with van der Waals surface area (Å²) in [5.74, 6) is -1.99. The largest absolute Gasteiger partial charge is 0.462 e. The molecule has 7 heteroatoms. The molecule has 1 atom stereocenters. The van der Waals surface area contributed by atoms with Gasteiger partial charge in [0.05, 0.1) is 31.0 Å². The number of fused-ring (bicyclic) bond motifs is 3. The van der Waals surface area contributed by atoms with Gasteiger partial charge in [-0.3, -0.25) is 19.6 Å². The molecule has 0 bridgehead atoms. The van der Waals surface area contributed by atoms with Crippen molar-refractivity contribution in [2.75, 3.05) is 33.5 Å². The van der Waals surface area contributed by atoms with Gasteiger partial charge < -0.3 is 14.2 Å². The van der Waals surface area contributed by atoms with Gasteiger partial charge in [-0.1, -0.05) is 12.1 Å². The number of esters is 1. The summed E-state index contributed by atoms with van der Waals surface area (Å²) in [6, 6.07) is 7.18. The van der Waals surface area contributed by atoms with Crippen molar-refractivity contribution >= 4 is 34.6 Å². The standard InChI is InChI=1S/C18H18N2O5/c1-23-7-8-24-9-10-25-18(22)14-11-20-16-13(17(14)21)5-4-12-3-2-6-19-15(12)16/h2-6,11,14H,7-10H2,1H3. The highest BCUT2D eigenvalue weighted by Crippen LogP contribution is 2.33. The van der Waals surface area contributed by atoms with Crippen LogP contribution in [0.4, 0.5) is 5.69 Å². The minimum absolute atomic E-state index is 0.0757. The lowest BCUT2D eigenvalue weighted by Gasteiger charge is -2.17. The second-order valence-electron chi connectivity index (χ2n) is 5.43. The van der Waals surface area contributed by atoms with Crippen LogP contribution in [0.2, 0.25) is 0 Å². The molecule has 0 radical (unpaired) electrons. The molecule has 130 valence electrons. The van der Waals surface area contributed by atoms with Crippen molar-refractivity contribution in [1.82, 2.24) is 4.98 Å². The van der Waals surface area contributed by atoms with E-state index in [0.717, 1.165) is 5.39 Å². The lowest BCUT2D eigenvalue weighted by atomic mass is 9.93. The summed E-state index contributed by atoms with van der Waals surface area (Å²) < 4.78 is 15.2. The first kappa shape index (κ1) is 17.2. The van der Waals surface area contributed by atoms with Crippen LogP contribution in [0, 0.1) is 5.92 Å². The molecule has 0 spiro atoms. The second-order valence-corrected chi connectivity index (χ2v) is 5.43. The zero-order valence-corrected chi connectivity index (χ0v) is 13.8. The summed E-state index contributed by atoms with van der Waals surface area (Å²) in [5.41, 5.74) is 1.52. The van der Waals surface area contributed by atoms with E-state index < -0.39 is 11.9 Å². The Morgan fingerprint density at radius 2 is 2.00 bits per heavy atom. The highest BCUT2D eigenvalue weighted by atomic mass is 16.6. The predicted molar refractivity (Wildman–Crippen MR) is 91.4 cm³/mol. The van der Waals surface area contributed by atoms with E-state index in [-0.39, 0.29) is 19.0 Å². The normalized spacial score (nSPS) is 16.0. The maximum Gasteiger partial charge on any atom is 0.322 e. The van der Waals surface area contributed by atoms with Crippen molar-refractivity contribution in [3.05, 3.63) is 36.0 Å². The second kappa shape index (κ2) is 7.96. The number of hydrogen-bond donors (Lipinski definition) is 0. The number of carbonyl (C=O) groups excluding carboxylic acids is 2. The Morgan fingerprint density at radius 1 is 1.16 bits per heavy atom. The molecule has 2 heterocycles. The van der Waals surface area contributed by atoms with Gasteiger partial charge in [0.15, 0.2) is 11.7 Å². The van der Waals surface area contributed by atoms with E-state index >= 15 is 0 Å². The molecule has 1 aliphatic rings. The third kappa shape index (κ3) is 3.72. The number of nitrogens with zero attached hydrogens (tertiary/aromatic N) is 2. The monoisotopic (exact) mass is 342 g/mol. The Hall–Kier alpha value is -2.64. The number of aromatic nitrogens is 1. The zero-order valence-electron chi connectivity index (χ0n) is 13.8. The predicted octanol–water partition coefficient (Wildman–Crippen LogP) is 1.96. The van der Waals surface area contributed by atoms with Crippen LogP contribution in [0.3, 0.4) is 0 Å². The Labute approximate surface area is 144 Å². The van der Waals surface area contributed by atoms with Crippen molar-refractivity contribution in [3.63, 3.8) is 0 Å². The van der Waals surface area contributed by atoms with Gasteiger partial charge in [-0.05, 0) is 12.1 Å². The minimum atomic E-state index is -1.03. The van der Waals surface area contributed by atoms with Crippen LogP contribution >= 0.6 is 0 Å². The van der Waals surface area contributed by atoms with E-state index in [2.05, 4.69) is 9.98 Å². The Kier molecular flexibility index (Phi) is 5.47. The maximum atomic E-state index is 12.6. The quantitative estimate of drug-likeness (QED) is 0.434. The third-order valence-electron chi connectivity index (χ3n) is 3.81. The van der Waals surface area contributed by atoms with Gasteiger partial charge in [0.25, 0.3) is 0 Å². The number of pyridine rings is 1. The van der Waals surface area contributed by atoms with Crippen molar-refractivity contribution < 1.29 is 23.8 Å². The summed E-state index contributed by atoms with van der Waals surface area (Å²) >= 11 is 0. The highest BCUT2D eigenvalue weighted by molar-refractivity contribution is 6.24. The fraction of sp³-hybridized carbons (Fsp3) is 0.333. The molecular weight excluding hydrogens is 324 g/mol. The molecular formula is C18H18N2O5. The molecule has 0 aliphatic carbocycles. The number of methoxy groups -OCH3 is 1. The first-order chi connectivity index (χ1) is 12.2. The summed E-state index contributed by atoms with van der Waals surface area (Å²) in [5, 5.41) is 0.889. The molecule has 1 aromatic heterocycles. The lowest BCUT2D eigenvalue weighted by Crippen LogP contribution is -2.30. The van der Waals surface area contributed by atoms with E-state index in [9.17, 15) is 9.59 Å². The van der Waals surface area contributed by atoms with Gasteiger partial charge in [-0.25, -0.2) is 0 Å². The van der Waals surface area contributed by atoms with Crippen molar-refractivity contribution in [3.8, 4) is 0 Å². The summed E-state index contributed by atoms with van der Waals surface area (Å²) in [6.07, 6.45) is 2.97. The summed E-state index contributed by atoms with van der Waals surface area (Å²) in [6.45, 7) is 1.22. The molecule has 1 unspecified atom stereocenters. The van der Waals surface area contributed by atoms with Crippen molar-refractivity contribution in [2.45, 2.75) is 0 Å². The molecule has 0 saturated carbocycles. The molecule has 0 amide bonds. The number of benzene rings is 1. The molecule has 2 aromatic rings. The number of aliphatic imine (C=N–C) groups is 1. The first-order valence-electron chi connectivity index (χ1n) is 7.92. The average Bonchev–Trinajstić information content (AvgIpc) is 2.64. The van der Waals surface area contributed by atoms with Crippen LogP contribution in [-0.4, -0.2) is 56.5 Å². The molecule has 0 saturated heterocycles. The van der Waals surface area contributed by atoms with Gasteiger partial charge in [0, 0.05) is 30.5 Å². The van der Waals surface area contributed by atoms with Crippen molar-refractivity contribution in [2.24, 2.45) is 10.9 Å². The Balaban J connectivity index is 1.66. The van der Waals surface area contributed by atoms with Crippen LogP contribution in [0.1, 0.15) is 10.4 Å². The molecule has 1 aliphatic heterocycles. The lowest BCUT2D eigenvalue weighted by molar-refractivity contribution is -0.146. The number of ketones is 1. The highest BCUT2D eigenvalue weighted by Gasteiger charge is 2.32. The van der Waals surface area contributed by atoms with Gasteiger partial charge in [0.2, 0.25) is 0 Å². The third-order valence-corrected chi connectivity index (χ3v) is 3.81. The van der Waals surface area contributed by atoms with Gasteiger partial charge >= 0.3 is 5.97 Å². The average molecular weight is 342 g/mol. The Morgan fingerprint density at radius 3 is 2.84 bits per heavy atom. The van der Waals surface area contributed by atoms with E-state index in [1.165, 1.54) is 6.21 Å². The number of rotatable bonds is 7. The number of carbonyl (C=O) groups is 2. The van der Waals surface area contributed by atoms with Crippen LogP contribution in [0.5, 0.6) is 0 Å². The first-order valence-corrected chi connectivity index (χ1v) is 7.92. The molecule has 1 aromatic carbocycles. The fourth-order valence-corrected chi connectivity index (χ4v) is 2.55. The van der Waals surface area contributed by atoms with Crippen LogP contribution in [0.15, 0.2) is 35.5 Å². The van der Waals surface area contributed by atoms with Gasteiger partial charge in [0.1, 0.15) is 6.61 Å². The molecule has 0 N–H and O–H groups in total. The molecule has 25 heavy (non-hydrogen) atoms. The van der Waals surface area contributed by atoms with E-state index in [1.54, 1.807) is 25.4 Å². The fourth-order valence-electron chi connectivity index (χ4n) is 2.55. The van der Waals surface area contributed by atoms with Gasteiger partial charge in [-0.15, -0.1) is 0 Å². The van der Waals surface area contributed by atoms with Crippen LogP contribution < -0.4 is 0 Å². The number of ether oxygens (including phenoxy) is 3. The van der Waals surface area contributed by atoms with Crippen LogP contribution in [-0.2, 0) is 19.0 Å².